The zero-order valence-electron chi connectivity index (χ0n) is 14.3. The molecule has 0 aromatic heterocycles. The molecule has 1 aliphatic heterocycles. The minimum Gasteiger partial charge on any atom is -0.489 e. The Labute approximate surface area is 166 Å². The van der Waals surface area contributed by atoms with Gasteiger partial charge in [-0.3, -0.25) is 4.79 Å². The first-order chi connectivity index (χ1) is 12.9. The summed E-state index contributed by atoms with van der Waals surface area (Å²) in [6.45, 7) is 0. The van der Waals surface area contributed by atoms with E-state index < -0.39 is 11.4 Å². The van der Waals surface area contributed by atoms with Crippen LogP contribution in [-0.2, 0) is 10.2 Å². The smallest absolute Gasteiger partial charge is 0.335 e. The van der Waals surface area contributed by atoms with Gasteiger partial charge in [0, 0.05) is 10.7 Å². The molecule has 1 saturated carbocycles. The predicted octanol–water partition coefficient (Wildman–Crippen LogP) is 4.90. The number of benzene rings is 2. The van der Waals surface area contributed by atoms with Crippen molar-refractivity contribution in [2.75, 3.05) is 5.32 Å². The molecule has 27 heavy (non-hydrogen) atoms. The van der Waals surface area contributed by atoms with Crippen LogP contribution in [0.3, 0.4) is 0 Å². The van der Waals surface area contributed by atoms with Crippen LogP contribution in [0.4, 0.5) is 5.69 Å². The zero-order chi connectivity index (χ0) is 19.2. The van der Waals surface area contributed by atoms with Gasteiger partial charge in [0.05, 0.1) is 22.1 Å². The van der Waals surface area contributed by atoms with Crippen molar-refractivity contribution >= 4 is 40.8 Å². The summed E-state index contributed by atoms with van der Waals surface area (Å²) < 4.78 is 6.01. The van der Waals surface area contributed by atoms with Crippen LogP contribution in [0.25, 0.3) is 0 Å². The number of anilines is 1. The molecule has 2 aromatic carbocycles. The van der Waals surface area contributed by atoms with Crippen molar-refractivity contribution in [3.8, 4) is 5.75 Å². The quantitative estimate of drug-likeness (QED) is 0.760. The Morgan fingerprint density at radius 2 is 1.89 bits per heavy atom. The van der Waals surface area contributed by atoms with Gasteiger partial charge in [-0.2, -0.15) is 0 Å². The fraction of sp³-hybridized carbons (Fsp3) is 0.300. The number of rotatable bonds is 3. The highest BCUT2D eigenvalue weighted by Crippen LogP contribution is 2.48. The number of fused-ring (bicyclic) bond motifs is 2. The number of halogens is 2. The maximum atomic E-state index is 12.7. The summed E-state index contributed by atoms with van der Waals surface area (Å²) in [4.78, 5) is 24.0. The first-order valence-corrected chi connectivity index (χ1v) is 9.46. The molecule has 1 aliphatic carbocycles. The maximum Gasteiger partial charge on any atom is 0.335 e. The molecule has 0 unspecified atom stereocenters. The van der Waals surface area contributed by atoms with E-state index in [1.165, 1.54) is 6.07 Å². The summed E-state index contributed by atoms with van der Waals surface area (Å²) in [7, 11) is 0. The van der Waals surface area contributed by atoms with Crippen molar-refractivity contribution in [1.82, 2.24) is 0 Å². The second-order valence-electron chi connectivity index (χ2n) is 6.99. The van der Waals surface area contributed by atoms with Crippen LogP contribution in [-0.4, -0.2) is 23.1 Å². The van der Waals surface area contributed by atoms with E-state index in [4.69, 9.17) is 27.9 Å². The highest BCUT2D eigenvalue weighted by atomic mass is 35.5. The van der Waals surface area contributed by atoms with Gasteiger partial charge >= 0.3 is 5.97 Å². The molecule has 1 spiro atoms. The fourth-order valence-corrected chi connectivity index (χ4v) is 4.45. The van der Waals surface area contributed by atoms with E-state index in [1.54, 1.807) is 30.3 Å². The highest BCUT2D eigenvalue weighted by molar-refractivity contribution is 6.35. The molecule has 140 valence electrons. The van der Waals surface area contributed by atoms with Crippen LogP contribution < -0.4 is 10.1 Å². The lowest BCUT2D eigenvalue weighted by molar-refractivity contribution is -0.122. The minimum atomic E-state index is -0.998. The molecule has 2 N–H and O–H groups in total. The molecule has 1 amide bonds. The molecule has 0 saturated heterocycles. The third kappa shape index (κ3) is 3.15. The van der Waals surface area contributed by atoms with E-state index in [0.29, 0.717) is 47.2 Å². The summed E-state index contributed by atoms with van der Waals surface area (Å²) in [6.07, 6.45) is 2.45. The Balaban J connectivity index is 1.54. The number of ether oxygens (including phenoxy) is 1. The van der Waals surface area contributed by atoms with Gasteiger partial charge in [0.1, 0.15) is 5.75 Å². The maximum absolute atomic E-state index is 12.7. The summed E-state index contributed by atoms with van der Waals surface area (Å²) in [5.41, 5.74) is 0.973. The van der Waals surface area contributed by atoms with Crippen molar-refractivity contribution in [2.45, 2.75) is 37.2 Å². The van der Waals surface area contributed by atoms with Crippen LogP contribution in [0.1, 0.15) is 41.6 Å². The van der Waals surface area contributed by atoms with Gasteiger partial charge in [-0.25, -0.2) is 4.79 Å². The number of aromatic carboxylic acids is 1. The molecule has 7 heteroatoms. The number of amides is 1. The number of nitrogens with one attached hydrogen (secondary N) is 1. The first kappa shape index (κ1) is 18.1. The SMILES string of the molecule is O=C(O)c1ccc2c(c1)[C@]1(CC[C@@H](Oc3ccc(Cl)cc3Cl)CC1)C(=O)N2. The van der Waals surface area contributed by atoms with Crippen molar-refractivity contribution < 1.29 is 19.4 Å². The minimum absolute atomic E-state index is 0.0613. The molecule has 5 nitrogen and oxygen atoms in total. The lowest BCUT2D eigenvalue weighted by Gasteiger charge is -2.36. The van der Waals surface area contributed by atoms with Gasteiger partial charge in [-0.15, -0.1) is 0 Å². The summed E-state index contributed by atoms with van der Waals surface area (Å²) in [5, 5.41) is 13.2. The summed E-state index contributed by atoms with van der Waals surface area (Å²) in [6, 6.07) is 9.90. The Morgan fingerprint density at radius 3 is 2.56 bits per heavy atom. The molecule has 4 rings (SSSR count). The normalized spacial score (nSPS) is 23.8. The average Bonchev–Trinajstić information content (AvgIpc) is 2.90. The van der Waals surface area contributed by atoms with Crippen LogP contribution in [0, 0.1) is 0 Å². The molecule has 1 heterocycles. The zero-order valence-corrected chi connectivity index (χ0v) is 15.8. The van der Waals surface area contributed by atoms with E-state index in [0.717, 1.165) is 5.56 Å². The van der Waals surface area contributed by atoms with Crippen molar-refractivity contribution in [2.24, 2.45) is 0 Å². The van der Waals surface area contributed by atoms with E-state index in [1.807, 2.05) is 0 Å². The standard InChI is InChI=1S/C20H17Cl2NO4/c21-12-2-4-17(15(22)10-12)27-13-5-7-20(8-6-13)14-9-11(18(24)25)1-3-16(14)23-19(20)26/h1-4,9-10,13H,5-8H2,(H,23,26)(H,24,25)/t13-,20-. The van der Waals surface area contributed by atoms with Gasteiger partial charge in [0.2, 0.25) is 5.91 Å². The van der Waals surface area contributed by atoms with Crippen LogP contribution in [0.2, 0.25) is 10.0 Å². The average molecular weight is 406 g/mol. The largest absolute Gasteiger partial charge is 0.489 e. The molecular formula is C20H17Cl2NO4. The number of carboxylic acid groups (broad SMARTS) is 1. The molecule has 2 aromatic rings. The summed E-state index contributed by atoms with van der Waals surface area (Å²) >= 11 is 12.1. The number of carboxylic acids is 1. The molecule has 2 aliphatic rings. The second-order valence-corrected chi connectivity index (χ2v) is 7.84. The first-order valence-electron chi connectivity index (χ1n) is 8.70. The van der Waals surface area contributed by atoms with Gasteiger partial charge in [0.15, 0.2) is 0 Å². The van der Waals surface area contributed by atoms with Gasteiger partial charge in [0.25, 0.3) is 0 Å². The molecule has 0 bridgehead atoms. The Morgan fingerprint density at radius 1 is 1.15 bits per heavy atom. The number of hydrogen-bond donors (Lipinski definition) is 2. The number of carbonyl (C=O) groups is 2. The van der Waals surface area contributed by atoms with Crippen molar-refractivity contribution in [3.05, 3.63) is 57.6 Å². The second kappa shape index (κ2) is 6.73. The third-order valence-corrected chi connectivity index (χ3v) is 5.97. The predicted molar refractivity (Wildman–Crippen MR) is 103 cm³/mol. The van der Waals surface area contributed by atoms with E-state index >= 15 is 0 Å². The molecule has 1 fully saturated rings. The monoisotopic (exact) mass is 405 g/mol. The van der Waals surface area contributed by atoms with Crippen molar-refractivity contribution in [3.63, 3.8) is 0 Å². The Bertz CT molecular complexity index is 936. The summed E-state index contributed by atoms with van der Waals surface area (Å²) in [5.74, 6) is -0.490. The van der Waals surface area contributed by atoms with Gasteiger partial charge in [-0.1, -0.05) is 23.2 Å². The third-order valence-electron chi connectivity index (χ3n) is 5.44. The van der Waals surface area contributed by atoms with Crippen molar-refractivity contribution in [1.29, 1.82) is 0 Å². The van der Waals surface area contributed by atoms with Crippen LogP contribution in [0.15, 0.2) is 36.4 Å². The molecule has 0 radical (unpaired) electrons. The lowest BCUT2D eigenvalue weighted by Crippen LogP contribution is -2.41. The van der Waals surface area contributed by atoms with Gasteiger partial charge < -0.3 is 15.2 Å². The lowest BCUT2D eigenvalue weighted by atomic mass is 9.69. The van der Waals surface area contributed by atoms with Gasteiger partial charge in [-0.05, 0) is 67.6 Å². The number of hydrogen-bond acceptors (Lipinski definition) is 3. The Kier molecular flexibility index (Phi) is 4.52. The molecular weight excluding hydrogens is 389 g/mol. The van der Waals surface area contributed by atoms with E-state index in [2.05, 4.69) is 5.32 Å². The topological polar surface area (TPSA) is 75.6 Å². The van der Waals surface area contributed by atoms with E-state index in [9.17, 15) is 14.7 Å². The fourth-order valence-electron chi connectivity index (χ4n) is 4.00. The molecule has 0 atom stereocenters. The van der Waals surface area contributed by atoms with Crippen LogP contribution >= 0.6 is 23.2 Å². The number of carbonyl (C=O) groups excluding carboxylic acids is 1. The van der Waals surface area contributed by atoms with E-state index in [-0.39, 0.29) is 17.6 Å². The Hall–Kier alpha value is -2.24. The van der Waals surface area contributed by atoms with Crippen LogP contribution in [0.5, 0.6) is 5.75 Å². The highest BCUT2D eigenvalue weighted by Gasteiger charge is 2.49.